The minimum absolute atomic E-state index is 0.273. The van der Waals surface area contributed by atoms with Gasteiger partial charge in [0.2, 0.25) is 0 Å². The predicted octanol–water partition coefficient (Wildman–Crippen LogP) is 11.6. The summed E-state index contributed by atoms with van der Waals surface area (Å²) in [5.41, 5.74) is 12.7. The molecule has 0 fully saturated rings. The largest absolute Gasteiger partial charge is 0.135 e. The van der Waals surface area contributed by atoms with Crippen molar-refractivity contribution in [3.63, 3.8) is 0 Å². The van der Waals surface area contributed by atoms with Crippen LogP contribution in [0.2, 0.25) is 5.02 Å². The van der Waals surface area contributed by atoms with E-state index in [9.17, 15) is 0 Å². The van der Waals surface area contributed by atoms with Gasteiger partial charge in [-0.15, -0.1) is 11.3 Å². The molecule has 7 aromatic rings. The molecule has 0 saturated heterocycles. The summed E-state index contributed by atoms with van der Waals surface area (Å²) < 4.78 is 2.68. The number of allylic oxidation sites excluding steroid dienone is 4. The van der Waals surface area contributed by atoms with Gasteiger partial charge in [-0.1, -0.05) is 151 Å². The summed E-state index contributed by atoms with van der Waals surface area (Å²) in [7, 11) is 0. The van der Waals surface area contributed by atoms with Crippen LogP contribution in [0.1, 0.15) is 50.4 Å². The molecule has 0 amide bonds. The van der Waals surface area contributed by atoms with Gasteiger partial charge in [0.05, 0.1) is 10.8 Å². The molecule has 1 heterocycles. The standard InChI is InChI=1S/C44H27ClS/c45-38-22-11-21-37-40(38)30-25-24-29-28-14-3-10-23-39(28)46-42(29)41(30)44(37)35-19-8-6-17-33(35)43(34-18-7-9-20-36(34)44)31-15-4-1-12-26(31)27-13-2-5-16-32(27)43/h1-26,31H. The van der Waals surface area contributed by atoms with Crippen LogP contribution in [-0.4, -0.2) is 0 Å². The van der Waals surface area contributed by atoms with Crippen molar-refractivity contribution < 1.29 is 0 Å². The van der Waals surface area contributed by atoms with Crippen molar-refractivity contribution in [2.75, 3.05) is 0 Å². The van der Waals surface area contributed by atoms with Crippen molar-refractivity contribution in [2.24, 2.45) is 5.92 Å². The van der Waals surface area contributed by atoms with Crippen LogP contribution >= 0.6 is 22.9 Å². The van der Waals surface area contributed by atoms with Gasteiger partial charge in [0, 0.05) is 42.6 Å². The second-order valence-electron chi connectivity index (χ2n) is 13.2. The topological polar surface area (TPSA) is 0 Å². The highest BCUT2D eigenvalue weighted by molar-refractivity contribution is 7.26. The van der Waals surface area contributed by atoms with E-state index in [2.05, 4.69) is 152 Å². The third-order valence-electron chi connectivity index (χ3n) is 11.5. The monoisotopic (exact) mass is 622 g/mol. The molecule has 2 spiro atoms. The Kier molecular flexibility index (Phi) is 4.86. The van der Waals surface area contributed by atoms with E-state index in [0.29, 0.717) is 5.92 Å². The maximum atomic E-state index is 7.25. The van der Waals surface area contributed by atoms with E-state index in [1.807, 2.05) is 11.3 Å². The summed E-state index contributed by atoms with van der Waals surface area (Å²) in [6, 6.07) is 48.1. The number of hydrogen-bond acceptors (Lipinski definition) is 1. The molecule has 6 aromatic carbocycles. The molecule has 0 radical (unpaired) electrons. The van der Waals surface area contributed by atoms with Crippen LogP contribution in [0.15, 0.2) is 152 Å². The van der Waals surface area contributed by atoms with Gasteiger partial charge in [0.1, 0.15) is 0 Å². The van der Waals surface area contributed by atoms with E-state index in [-0.39, 0.29) is 11.3 Å². The Morgan fingerprint density at radius 2 is 1.20 bits per heavy atom. The smallest absolute Gasteiger partial charge is 0.0734 e. The van der Waals surface area contributed by atoms with Crippen LogP contribution in [0.3, 0.4) is 0 Å². The molecule has 0 nitrogen and oxygen atoms in total. The maximum Gasteiger partial charge on any atom is 0.0734 e. The van der Waals surface area contributed by atoms with Crippen molar-refractivity contribution in [2.45, 2.75) is 16.7 Å². The van der Waals surface area contributed by atoms with Crippen LogP contribution in [0.25, 0.3) is 31.3 Å². The molecule has 2 atom stereocenters. The van der Waals surface area contributed by atoms with Gasteiger partial charge < -0.3 is 0 Å². The molecular weight excluding hydrogens is 596 g/mol. The summed E-state index contributed by atoms with van der Waals surface area (Å²) in [5.74, 6) is 0.595. The van der Waals surface area contributed by atoms with Gasteiger partial charge in [-0.3, -0.25) is 0 Å². The Hall–Kier alpha value is -4.69. The first-order valence-corrected chi connectivity index (χ1v) is 17.3. The molecule has 0 bridgehead atoms. The van der Waals surface area contributed by atoms with Crippen LogP contribution < -0.4 is 0 Å². The van der Waals surface area contributed by atoms with Gasteiger partial charge in [-0.05, 0) is 62.2 Å². The van der Waals surface area contributed by atoms with Crippen molar-refractivity contribution >= 4 is 43.1 Å². The molecule has 2 heteroatoms. The van der Waals surface area contributed by atoms with E-state index >= 15 is 0 Å². The highest BCUT2D eigenvalue weighted by Gasteiger charge is 2.62. The van der Waals surface area contributed by atoms with E-state index in [0.717, 1.165) is 5.02 Å². The molecule has 4 aliphatic rings. The summed E-state index contributed by atoms with van der Waals surface area (Å²) in [5, 5.41) is 3.46. The lowest BCUT2D eigenvalue weighted by Crippen LogP contribution is -2.46. The fraction of sp³-hybridized carbons (Fsp3) is 0.0909. The lowest BCUT2D eigenvalue weighted by atomic mass is 9.50. The fourth-order valence-corrected chi connectivity index (χ4v) is 11.6. The minimum atomic E-state index is -0.518. The number of benzene rings is 6. The second-order valence-corrected chi connectivity index (χ2v) is 14.6. The van der Waals surface area contributed by atoms with Gasteiger partial charge >= 0.3 is 0 Å². The number of thiophene rings is 1. The zero-order valence-corrected chi connectivity index (χ0v) is 26.4. The average Bonchev–Trinajstić information content (AvgIpc) is 3.74. The van der Waals surface area contributed by atoms with Gasteiger partial charge in [-0.25, -0.2) is 0 Å². The minimum Gasteiger partial charge on any atom is -0.135 e. The van der Waals surface area contributed by atoms with Crippen LogP contribution in [0.4, 0.5) is 0 Å². The average molecular weight is 623 g/mol. The van der Waals surface area contributed by atoms with Crippen molar-refractivity contribution in [1.82, 2.24) is 0 Å². The SMILES string of the molecule is Clc1cccc2c1-c1ccc3c(sc4ccccc43)c1C21c2ccccc2C2(c3ccccc3C3C=CC=CC32)c2ccccc21. The summed E-state index contributed by atoms with van der Waals surface area (Å²) >= 11 is 9.18. The molecule has 4 aliphatic carbocycles. The summed E-state index contributed by atoms with van der Waals surface area (Å²) in [4.78, 5) is 0. The molecule has 11 rings (SSSR count). The first kappa shape index (κ1) is 25.5. The first-order valence-electron chi connectivity index (χ1n) is 16.1. The molecule has 46 heavy (non-hydrogen) atoms. The zero-order chi connectivity index (χ0) is 30.2. The molecule has 0 aliphatic heterocycles. The van der Waals surface area contributed by atoms with Gasteiger partial charge in [-0.2, -0.15) is 0 Å². The number of rotatable bonds is 0. The molecule has 216 valence electrons. The molecule has 1 aromatic heterocycles. The van der Waals surface area contributed by atoms with Crippen LogP contribution in [0, 0.1) is 5.92 Å². The van der Waals surface area contributed by atoms with E-state index in [1.54, 1.807) is 0 Å². The second kappa shape index (κ2) is 8.76. The summed E-state index contributed by atoms with van der Waals surface area (Å²) in [6.07, 6.45) is 9.41. The normalized spacial score (nSPS) is 24.2. The predicted molar refractivity (Wildman–Crippen MR) is 192 cm³/mol. The Morgan fingerprint density at radius 1 is 0.543 bits per heavy atom. The lowest BCUT2D eigenvalue weighted by Gasteiger charge is -2.50. The number of halogens is 1. The van der Waals surface area contributed by atoms with E-state index in [1.165, 1.54) is 75.8 Å². The highest BCUT2D eigenvalue weighted by Crippen LogP contribution is 2.70. The van der Waals surface area contributed by atoms with Gasteiger partial charge in [0.15, 0.2) is 0 Å². The lowest BCUT2D eigenvalue weighted by molar-refractivity contribution is 0.432. The molecular formula is C44H27ClS. The van der Waals surface area contributed by atoms with Crippen LogP contribution in [0.5, 0.6) is 0 Å². The first-order chi connectivity index (χ1) is 22.8. The van der Waals surface area contributed by atoms with Crippen molar-refractivity contribution in [1.29, 1.82) is 0 Å². The van der Waals surface area contributed by atoms with E-state index < -0.39 is 5.41 Å². The maximum absolute atomic E-state index is 7.25. The Labute approximate surface area is 276 Å². The Bertz CT molecular complexity index is 2480. The quantitative estimate of drug-likeness (QED) is 0.158. The Balaban J connectivity index is 1.38. The molecule has 2 unspecified atom stereocenters. The zero-order valence-electron chi connectivity index (χ0n) is 24.9. The highest BCUT2D eigenvalue weighted by atomic mass is 35.5. The Morgan fingerprint density at radius 3 is 2.00 bits per heavy atom. The molecule has 0 saturated carbocycles. The van der Waals surface area contributed by atoms with Crippen molar-refractivity contribution in [3.05, 3.63) is 201 Å². The third kappa shape index (κ3) is 2.73. The number of fused-ring (bicyclic) bond motifs is 20. The number of hydrogen-bond donors (Lipinski definition) is 0. The third-order valence-corrected chi connectivity index (χ3v) is 13.0. The van der Waals surface area contributed by atoms with Crippen LogP contribution in [-0.2, 0) is 10.8 Å². The summed E-state index contributed by atoms with van der Waals surface area (Å²) in [6.45, 7) is 0. The van der Waals surface area contributed by atoms with Crippen molar-refractivity contribution in [3.8, 4) is 11.1 Å². The van der Waals surface area contributed by atoms with E-state index in [4.69, 9.17) is 11.6 Å². The van der Waals surface area contributed by atoms with Gasteiger partial charge in [0.25, 0.3) is 0 Å². The fourth-order valence-electron chi connectivity index (χ4n) is 10.1. The molecule has 0 N–H and O–H groups in total.